The molecule has 0 heterocycles. The molecule has 12 nitrogen and oxygen atoms in total. The second-order valence-electron chi connectivity index (χ2n) is 10.1. The van der Waals surface area contributed by atoms with Gasteiger partial charge in [0.15, 0.2) is 0 Å². The molecule has 0 aliphatic heterocycles. The molecule has 0 spiro atoms. The van der Waals surface area contributed by atoms with Crippen LogP contribution in [-0.4, -0.2) is 46.4 Å². The quantitative estimate of drug-likeness (QED) is 0.0481. The topological polar surface area (TPSA) is 173 Å². The summed E-state index contributed by atoms with van der Waals surface area (Å²) in [5, 5.41) is 30.4. The second-order valence-corrected chi connectivity index (χ2v) is 10.1. The van der Waals surface area contributed by atoms with Gasteiger partial charge in [-0.05, 0) is 78.4 Å². The molecule has 5 rings (SSSR count). The summed E-state index contributed by atoms with van der Waals surface area (Å²) in [6.45, 7) is 0.585. The Kier molecular flexibility index (Phi) is 13.2. The van der Waals surface area contributed by atoms with Crippen LogP contribution in [0.4, 0.5) is 11.4 Å². The Hall–Kier alpha value is -6.97. The first-order valence-electron chi connectivity index (χ1n) is 14.9. The summed E-state index contributed by atoms with van der Waals surface area (Å²) < 4.78 is 16.0. The van der Waals surface area contributed by atoms with Crippen LogP contribution in [0.3, 0.4) is 0 Å². The average Bonchev–Trinajstić information content (AvgIpc) is 3.12. The molecule has 12 heteroatoms. The number of rotatable bonds is 14. The Morgan fingerprint density at radius 1 is 0.660 bits per heavy atom. The number of carbonyl (C=O) groups is 3. The van der Waals surface area contributed by atoms with E-state index < -0.39 is 17.8 Å². The molecule has 1 amide bonds. The van der Waals surface area contributed by atoms with E-state index in [9.17, 15) is 24.6 Å². The lowest BCUT2D eigenvalue weighted by molar-refractivity contribution is 0.0684. The van der Waals surface area contributed by atoms with Crippen LogP contribution >= 0.6 is 0 Å². The van der Waals surface area contributed by atoms with Gasteiger partial charge in [0.25, 0.3) is 5.91 Å². The number of aromatic hydroxyl groups is 1. The van der Waals surface area contributed by atoms with Gasteiger partial charge in [-0.25, -0.2) is 9.59 Å². The number of hydrogen-bond donors (Lipinski definition) is 5. The predicted octanol–water partition coefficient (Wildman–Crippen LogP) is 6.70. The molecule has 0 aromatic heterocycles. The highest BCUT2D eigenvalue weighted by Crippen LogP contribution is 2.24. The Morgan fingerprint density at radius 3 is 1.86 bits per heavy atom. The van der Waals surface area contributed by atoms with Gasteiger partial charge in [-0.15, -0.1) is 0 Å². The minimum Gasteiger partial charge on any atom is -0.508 e. The monoisotopic (exact) mass is 676 g/mol. The number of benzene rings is 5. The van der Waals surface area contributed by atoms with Crippen LogP contribution in [0.1, 0.15) is 36.6 Å². The number of carbonyl (C=O) groups excluding carboxylic acids is 1. The smallest absolute Gasteiger partial charge is 0.338 e. The van der Waals surface area contributed by atoms with E-state index in [0.717, 1.165) is 0 Å². The van der Waals surface area contributed by atoms with Crippen molar-refractivity contribution in [1.29, 1.82) is 0 Å². The number of para-hydroxylation sites is 2. The van der Waals surface area contributed by atoms with Gasteiger partial charge < -0.3 is 34.8 Å². The first-order chi connectivity index (χ1) is 24.2. The number of carboxylic acid groups (broad SMARTS) is 2. The van der Waals surface area contributed by atoms with Crippen LogP contribution in [0.25, 0.3) is 0 Å². The van der Waals surface area contributed by atoms with E-state index in [2.05, 4.69) is 10.8 Å². The minimum atomic E-state index is -1.31. The van der Waals surface area contributed by atoms with Crippen molar-refractivity contribution in [2.24, 2.45) is 0 Å². The van der Waals surface area contributed by atoms with E-state index >= 15 is 0 Å². The molecule has 0 atom stereocenters. The number of anilines is 2. The minimum absolute atomic E-state index is 0.0425. The van der Waals surface area contributed by atoms with Crippen molar-refractivity contribution >= 4 is 29.2 Å². The van der Waals surface area contributed by atoms with Crippen molar-refractivity contribution in [1.82, 2.24) is 0 Å². The average molecular weight is 677 g/mol. The number of aromatic carboxylic acids is 2. The number of carboxylic acids is 2. The molecule has 0 saturated heterocycles. The summed E-state index contributed by atoms with van der Waals surface area (Å²) in [5.41, 5.74) is 3.63. The van der Waals surface area contributed by atoms with Crippen LogP contribution in [0.15, 0.2) is 121 Å². The Labute approximate surface area is 287 Å². The SMILES string of the molecule is C#COc1ccc(C(=O)Nc2ccc(CONc3ccc(OCCOc4ccccc4)cc3C(=O)O)cc2)c(C(=O)O)c1.Oc1ccccc1. The highest BCUT2D eigenvalue weighted by molar-refractivity contribution is 6.10. The van der Waals surface area contributed by atoms with Crippen molar-refractivity contribution in [3.63, 3.8) is 0 Å². The van der Waals surface area contributed by atoms with Crippen LogP contribution < -0.4 is 25.0 Å². The van der Waals surface area contributed by atoms with Crippen molar-refractivity contribution in [3.05, 3.63) is 144 Å². The van der Waals surface area contributed by atoms with E-state index in [0.29, 0.717) is 28.5 Å². The van der Waals surface area contributed by atoms with Gasteiger partial charge in [0.2, 0.25) is 0 Å². The Balaban J connectivity index is 0.000000714. The Bertz CT molecular complexity index is 1930. The molecular weight excluding hydrogens is 644 g/mol. The molecule has 50 heavy (non-hydrogen) atoms. The molecule has 0 bridgehead atoms. The lowest BCUT2D eigenvalue weighted by Crippen LogP contribution is -2.16. The molecular formula is C38H32N2O10. The normalized spacial score (nSPS) is 9.98. The molecule has 0 aliphatic carbocycles. The molecule has 5 aromatic carbocycles. The van der Waals surface area contributed by atoms with Gasteiger partial charge in [-0.1, -0.05) is 55.0 Å². The van der Waals surface area contributed by atoms with Crippen molar-refractivity contribution in [2.75, 3.05) is 24.0 Å². The fraction of sp³-hybridized carbons (Fsp3) is 0.0789. The second kappa shape index (κ2) is 18.4. The number of phenolic OH excluding ortho intramolecular Hbond substituents is 1. The lowest BCUT2D eigenvalue weighted by atomic mass is 10.1. The summed E-state index contributed by atoms with van der Waals surface area (Å²) in [6, 6.07) is 33.0. The third-order valence-electron chi connectivity index (χ3n) is 6.62. The lowest BCUT2D eigenvalue weighted by Gasteiger charge is -2.13. The first-order valence-corrected chi connectivity index (χ1v) is 14.9. The van der Waals surface area contributed by atoms with Crippen molar-refractivity contribution in [2.45, 2.75) is 6.61 Å². The van der Waals surface area contributed by atoms with Crippen LogP contribution in [-0.2, 0) is 11.4 Å². The number of terminal acetylenes is 1. The highest BCUT2D eigenvalue weighted by Gasteiger charge is 2.18. The molecule has 254 valence electrons. The van der Waals surface area contributed by atoms with Gasteiger partial charge in [0.1, 0.15) is 42.3 Å². The molecule has 5 N–H and O–H groups in total. The van der Waals surface area contributed by atoms with Gasteiger partial charge in [-0.3, -0.25) is 15.1 Å². The number of hydrogen-bond acceptors (Lipinski definition) is 9. The fourth-order valence-corrected chi connectivity index (χ4v) is 4.25. The van der Waals surface area contributed by atoms with E-state index in [1.807, 2.05) is 42.5 Å². The summed E-state index contributed by atoms with van der Waals surface area (Å²) in [4.78, 5) is 41.6. The summed E-state index contributed by atoms with van der Waals surface area (Å²) in [6.07, 6.45) is 7.02. The summed E-state index contributed by atoms with van der Waals surface area (Å²) >= 11 is 0. The van der Waals surface area contributed by atoms with Gasteiger partial charge in [0, 0.05) is 5.69 Å². The van der Waals surface area contributed by atoms with Crippen molar-refractivity contribution in [3.8, 4) is 35.5 Å². The third kappa shape index (κ3) is 11.1. The molecule has 0 radical (unpaired) electrons. The van der Waals surface area contributed by atoms with Gasteiger partial charge in [0.05, 0.1) is 29.0 Å². The largest absolute Gasteiger partial charge is 0.508 e. The zero-order chi connectivity index (χ0) is 35.7. The summed E-state index contributed by atoms with van der Waals surface area (Å²) in [7, 11) is 0. The van der Waals surface area contributed by atoms with Crippen LogP contribution in [0.5, 0.6) is 23.0 Å². The Morgan fingerprint density at radius 2 is 1.26 bits per heavy atom. The van der Waals surface area contributed by atoms with Crippen molar-refractivity contribution < 1.29 is 48.8 Å². The van der Waals surface area contributed by atoms with Crippen LogP contribution in [0, 0.1) is 12.5 Å². The van der Waals surface area contributed by atoms with E-state index in [4.69, 9.17) is 30.6 Å². The summed E-state index contributed by atoms with van der Waals surface area (Å²) in [5.74, 6) is -1.59. The molecule has 0 saturated carbocycles. The fourth-order valence-electron chi connectivity index (χ4n) is 4.25. The number of nitrogens with one attached hydrogen (secondary N) is 2. The third-order valence-corrected chi connectivity index (χ3v) is 6.62. The maximum Gasteiger partial charge on any atom is 0.338 e. The van der Waals surface area contributed by atoms with E-state index in [1.54, 1.807) is 54.6 Å². The molecule has 5 aromatic rings. The zero-order valence-electron chi connectivity index (χ0n) is 26.4. The standard InChI is InChI=1S/C32H26N2O9.C6H6O/c1-2-40-24-12-14-26(27(18-24)31(36)37)30(35)33-22-10-8-21(9-11-22)20-43-34-29-15-13-25(19-28(29)32(38)39)42-17-16-41-23-6-4-3-5-7-23;7-6-4-2-1-3-5-6/h1,3-15,18-19,34H,16-17,20H2,(H,33,35)(H,36,37)(H,38,39);1-5,7H. The number of phenols is 1. The molecule has 0 unspecified atom stereocenters. The van der Waals surface area contributed by atoms with E-state index in [1.165, 1.54) is 30.3 Å². The molecule has 0 aliphatic rings. The van der Waals surface area contributed by atoms with Gasteiger partial charge in [-0.2, -0.15) is 0 Å². The zero-order valence-corrected chi connectivity index (χ0v) is 26.4. The number of amides is 1. The first kappa shape index (κ1) is 35.9. The van der Waals surface area contributed by atoms with Gasteiger partial charge >= 0.3 is 11.9 Å². The number of ether oxygens (including phenoxy) is 3. The van der Waals surface area contributed by atoms with Crippen LogP contribution in [0.2, 0.25) is 0 Å². The predicted molar refractivity (Wildman–Crippen MR) is 185 cm³/mol. The molecule has 0 fully saturated rings. The maximum absolute atomic E-state index is 12.7. The highest BCUT2D eigenvalue weighted by atomic mass is 16.6. The van der Waals surface area contributed by atoms with E-state index in [-0.39, 0.29) is 47.9 Å². The maximum atomic E-state index is 12.7.